The van der Waals surface area contributed by atoms with Gasteiger partial charge in [0.25, 0.3) is 5.91 Å². The molecule has 2 aromatic carbocycles. The molecule has 0 bridgehead atoms. The quantitative estimate of drug-likeness (QED) is 0.616. The molecule has 0 fully saturated rings. The van der Waals surface area contributed by atoms with E-state index in [-0.39, 0.29) is 12.5 Å². The van der Waals surface area contributed by atoms with Gasteiger partial charge < -0.3 is 4.74 Å². The van der Waals surface area contributed by atoms with Gasteiger partial charge in [0.05, 0.1) is 12.3 Å². The Morgan fingerprint density at radius 3 is 2.58 bits per heavy atom. The largest absolute Gasteiger partial charge is 0.452 e. The molecule has 2 aromatic rings. The van der Waals surface area contributed by atoms with Crippen LogP contribution in [0, 0.1) is 6.92 Å². The van der Waals surface area contributed by atoms with Gasteiger partial charge in [0.15, 0.2) is 6.61 Å². The molecule has 0 N–H and O–H groups in total. The third-order valence-corrected chi connectivity index (χ3v) is 4.02. The highest BCUT2D eigenvalue weighted by Crippen LogP contribution is 2.13. The minimum absolute atomic E-state index is 0.317. The van der Waals surface area contributed by atoms with Gasteiger partial charge in [-0.25, -0.2) is 9.80 Å². The van der Waals surface area contributed by atoms with Gasteiger partial charge in [-0.2, -0.15) is 5.10 Å². The topological polar surface area (TPSA) is 59.0 Å². The maximum absolute atomic E-state index is 12.2. The summed E-state index contributed by atoms with van der Waals surface area (Å²) in [6.45, 7) is 2.18. The fourth-order valence-electron chi connectivity index (χ4n) is 2.57. The van der Waals surface area contributed by atoms with E-state index in [1.165, 1.54) is 11.1 Å². The predicted molar refractivity (Wildman–Crippen MR) is 100 cm³/mol. The van der Waals surface area contributed by atoms with E-state index in [1.807, 2.05) is 61.5 Å². The highest BCUT2D eigenvalue weighted by molar-refractivity contribution is 6.02. The number of hydrogen-bond donors (Lipinski definition) is 0. The van der Waals surface area contributed by atoms with E-state index in [2.05, 4.69) is 5.10 Å². The zero-order valence-corrected chi connectivity index (χ0v) is 14.6. The predicted octanol–water partition coefficient (Wildman–Crippen LogP) is 3.19. The van der Waals surface area contributed by atoms with E-state index in [0.717, 1.165) is 22.4 Å². The van der Waals surface area contributed by atoms with Crippen LogP contribution >= 0.6 is 0 Å². The Morgan fingerprint density at radius 2 is 1.85 bits per heavy atom. The second-order valence-corrected chi connectivity index (χ2v) is 6.03. The number of carbonyl (C=O) groups excluding carboxylic acids is 2. The first-order valence-corrected chi connectivity index (χ1v) is 8.46. The number of rotatable bonds is 5. The van der Waals surface area contributed by atoms with Gasteiger partial charge in [0.1, 0.15) is 0 Å². The number of benzene rings is 2. The third-order valence-electron chi connectivity index (χ3n) is 4.02. The summed E-state index contributed by atoms with van der Waals surface area (Å²) < 4.78 is 5.02. The van der Waals surface area contributed by atoms with E-state index in [9.17, 15) is 9.59 Å². The van der Waals surface area contributed by atoms with Crippen LogP contribution in [0.2, 0.25) is 0 Å². The van der Waals surface area contributed by atoms with Crippen LogP contribution in [0.25, 0.3) is 6.08 Å². The monoisotopic (exact) mass is 348 g/mol. The van der Waals surface area contributed by atoms with Crippen molar-refractivity contribution in [3.05, 3.63) is 77.4 Å². The van der Waals surface area contributed by atoms with Crippen LogP contribution in [0.1, 0.15) is 23.1 Å². The Labute approximate surface area is 152 Å². The molecule has 132 valence electrons. The zero-order valence-electron chi connectivity index (χ0n) is 14.6. The number of aryl methyl sites for hydroxylation is 1. The zero-order chi connectivity index (χ0) is 18.4. The summed E-state index contributed by atoms with van der Waals surface area (Å²) in [7, 11) is 0. The summed E-state index contributed by atoms with van der Waals surface area (Å²) in [6, 6.07) is 17.5. The van der Waals surface area contributed by atoms with Crippen molar-refractivity contribution in [1.82, 2.24) is 5.01 Å². The van der Waals surface area contributed by atoms with E-state index in [1.54, 1.807) is 6.08 Å². The maximum atomic E-state index is 12.2. The number of hydrazone groups is 1. The standard InChI is InChI=1S/C21H20N2O3/c1-16-7-9-17(10-8-16)11-12-21(25)26-15-20(24)23-14-13-19(22-23)18-5-3-2-4-6-18/h2-12H,13-15H2,1H3. The SMILES string of the molecule is Cc1ccc(C=CC(=O)OCC(=O)N2CCC(c3ccccc3)=N2)cc1. The van der Waals surface area contributed by atoms with Gasteiger partial charge in [-0.15, -0.1) is 0 Å². The highest BCUT2D eigenvalue weighted by Gasteiger charge is 2.22. The second kappa shape index (κ2) is 8.25. The fraction of sp³-hybridized carbons (Fsp3) is 0.190. The van der Waals surface area contributed by atoms with E-state index >= 15 is 0 Å². The summed E-state index contributed by atoms with van der Waals surface area (Å²) in [5, 5.41) is 5.69. The molecule has 1 heterocycles. The number of nitrogens with zero attached hydrogens (tertiary/aromatic N) is 2. The van der Waals surface area contributed by atoms with Gasteiger partial charge in [0.2, 0.25) is 0 Å². The van der Waals surface area contributed by atoms with Crippen LogP contribution in [-0.4, -0.2) is 35.7 Å². The number of hydrogen-bond acceptors (Lipinski definition) is 4. The number of amides is 1. The van der Waals surface area contributed by atoms with Crippen molar-refractivity contribution in [2.75, 3.05) is 13.2 Å². The Balaban J connectivity index is 1.50. The van der Waals surface area contributed by atoms with Gasteiger partial charge >= 0.3 is 5.97 Å². The minimum atomic E-state index is -0.551. The number of carbonyl (C=O) groups is 2. The first-order chi connectivity index (χ1) is 12.6. The van der Waals surface area contributed by atoms with E-state index in [0.29, 0.717) is 13.0 Å². The summed E-state index contributed by atoms with van der Waals surface area (Å²) in [5.74, 6) is -0.876. The van der Waals surface area contributed by atoms with Crippen LogP contribution in [0.4, 0.5) is 0 Å². The molecule has 26 heavy (non-hydrogen) atoms. The molecule has 0 unspecified atom stereocenters. The molecule has 0 radical (unpaired) electrons. The van der Waals surface area contributed by atoms with Gasteiger partial charge in [-0.3, -0.25) is 4.79 Å². The molecule has 5 heteroatoms. The fourth-order valence-corrected chi connectivity index (χ4v) is 2.57. The number of ether oxygens (including phenoxy) is 1. The molecule has 0 aliphatic carbocycles. The first-order valence-electron chi connectivity index (χ1n) is 8.46. The van der Waals surface area contributed by atoms with Gasteiger partial charge in [-0.1, -0.05) is 60.2 Å². The summed E-state index contributed by atoms with van der Waals surface area (Å²) >= 11 is 0. The van der Waals surface area contributed by atoms with Crippen molar-refractivity contribution in [2.24, 2.45) is 5.10 Å². The van der Waals surface area contributed by atoms with Gasteiger partial charge in [0, 0.05) is 12.5 Å². The molecule has 0 aromatic heterocycles. The molecule has 1 aliphatic heterocycles. The molecule has 0 saturated carbocycles. The van der Waals surface area contributed by atoms with Crippen molar-refractivity contribution in [3.8, 4) is 0 Å². The molecule has 3 rings (SSSR count). The smallest absolute Gasteiger partial charge is 0.331 e. The molecule has 1 amide bonds. The average molecular weight is 348 g/mol. The lowest BCUT2D eigenvalue weighted by atomic mass is 10.1. The Kier molecular flexibility index (Phi) is 5.59. The van der Waals surface area contributed by atoms with Crippen molar-refractivity contribution < 1.29 is 14.3 Å². The average Bonchev–Trinajstić information content (AvgIpc) is 3.17. The van der Waals surface area contributed by atoms with Gasteiger partial charge in [-0.05, 0) is 24.1 Å². The van der Waals surface area contributed by atoms with E-state index < -0.39 is 5.97 Å². The molecule has 0 atom stereocenters. The molecule has 1 aliphatic rings. The highest BCUT2D eigenvalue weighted by atomic mass is 16.5. The van der Waals surface area contributed by atoms with E-state index in [4.69, 9.17) is 4.74 Å². The summed E-state index contributed by atoms with van der Waals surface area (Å²) in [6.07, 6.45) is 3.67. The van der Waals surface area contributed by atoms with Crippen LogP contribution in [-0.2, 0) is 14.3 Å². The van der Waals surface area contributed by atoms with Crippen LogP contribution in [0.3, 0.4) is 0 Å². The lowest BCUT2D eigenvalue weighted by molar-refractivity contribution is -0.147. The normalized spacial score (nSPS) is 13.7. The molecule has 5 nitrogen and oxygen atoms in total. The van der Waals surface area contributed by atoms with Crippen LogP contribution < -0.4 is 0 Å². The molecule has 0 saturated heterocycles. The van der Waals surface area contributed by atoms with Crippen LogP contribution in [0.15, 0.2) is 65.8 Å². The second-order valence-electron chi connectivity index (χ2n) is 6.03. The van der Waals surface area contributed by atoms with Crippen LogP contribution in [0.5, 0.6) is 0 Å². The maximum Gasteiger partial charge on any atom is 0.331 e. The summed E-state index contributed by atoms with van der Waals surface area (Å²) in [5.41, 5.74) is 3.91. The summed E-state index contributed by atoms with van der Waals surface area (Å²) in [4.78, 5) is 23.9. The molecular weight excluding hydrogens is 328 g/mol. The Bertz CT molecular complexity index is 839. The molecular formula is C21H20N2O3. The van der Waals surface area contributed by atoms with Crippen molar-refractivity contribution >= 4 is 23.7 Å². The lowest BCUT2D eigenvalue weighted by Crippen LogP contribution is -2.28. The lowest BCUT2D eigenvalue weighted by Gasteiger charge is -2.10. The third kappa shape index (κ3) is 4.66. The van der Waals surface area contributed by atoms with Crippen molar-refractivity contribution in [1.29, 1.82) is 0 Å². The Hall–Kier alpha value is -3.21. The first kappa shape index (κ1) is 17.6. The Morgan fingerprint density at radius 1 is 1.12 bits per heavy atom. The van der Waals surface area contributed by atoms with Crippen molar-refractivity contribution in [3.63, 3.8) is 0 Å². The van der Waals surface area contributed by atoms with Crippen molar-refractivity contribution in [2.45, 2.75) is 13.3 Å². The molecule has 0 spiro atoms. The number of esters is 1. The minimum Gasteiger partial charge on any atom is -0.452 e.